The van der Waals surface area contributed by atoms with Gasteiger partial charge in [-0.2, -0.15) is 0 Å². The maximum atomic E-state index is 12.8. The molecule has 21 heavy (non-hydrogen) atoms. The number of halogens is 1. The second-order valence-electron chi connectivity index (χ2n) is 5.02. The molecular formula is C15H16FN3O2. The van der Waals surface area contributed by atoms with E-state index in [0.29, 0.717) is 24.8 Å². The first-order chi connectivity index (χ1) is 10.2. The summed E-state index contributed by atoms with van der Waals surface area (Å²) in [7, 11) is 0. The first-order valence-corrected chi connectivity index (χ1v) is 6.83. The summed E-state index contributed by atoms with van der Waals surface area (Å²) in [6.45, 7) is 1.66. The van der Waals surface area contributed by atoms with E-state index in [4.69, 9.17) is 4.74 Å². The molecule has 1 N–H and O–H groups in total. The van der Waals surface area contributed by atoms with Gasteiger partial charge >= 0.3 is 0 Å². The second-order valence-corrected chi connectivity index (χ2v) is 5.02. The Morgan fingerprint density at radius 1 is 1.24 bits per heavy atom. The fourth-order valence-corrected chi connectivity index (χ4v) is 2.22. The number of ether oxygens (including phenoxy) is 1. The van der Waals surface area contributed by atoms with Crippen molar-refractivity contribution in [3.8, 4) is 5.75 Å². The van der Waals surface area contributed by atoms with Gasteiger partial charge in [0.1, 0.15) is 12.4 Å². The SMILES string of the molecule is O[C@@H]1CCN(c2ncc(OCc3ccc(F)cc3)cn2)C1. The Morgan fingerprint density at radius 2 is 1.95 bits per heavy atom. The predicted octanol–water partition coefficient (Wildman–Crippen LogP) is 1.77. The van der Waals surface area contributed by atoms with Crippen LogP contribution in [0, 0.1) is 5.82 Å². The average molecular weight is 289 g/mol. The molecular weight excluding hydrogens is 273 g/mol. The van der Waals surface area contributed by atoms with Crippen molar-refractivity contribution >= 4 is 5.95 Å². The van der Waals surface area contributed by atoms with Crippen molar-refractivity contribution in [2.45, 2.75) is 19.1 Å². The fraction of sp³-hybridized carbons (Fsp3) is 0.333. The summed E-state index contributed by atoms with van der Waals surface area (Å²) in [5.74, 6) is 0.891. The Morgan fingerprint density at radius 3 is 2.57 bits per heavy atom. The lowest BCUT2D eigenvalue weighted by Crippen LogP contribution is -2.23. The number of rotatable bonds is 4. The summed E-state index contributed by atoms with van der Waals surface area (Å²) < 4.78 is 18.3. The highest BCUT2D eigenvalue weighted by Gasteiger charge is 2.22. The van der Waals surface area contributed by atoms with E-state index < -0.39 is 0 Å². The van der Waals surface area contributed by atoms with Crippen molar-refractivity contribution in [3.63, 3.8) is 0 Å². The van der Waals surface area contributed by atoms with Crippen LogP contribution in [0.15, 0.2) is 36.7 Å². The minimum atomic E-state index is -0.303. The summed E-state index contributed by atoms with van der Waals surface area (Å²) in [5.41, 5.74) is 0.878. The molecule has 1 aromatic heterocycles. The molecule has 1 fully saturated rings. The molecule has 1 aliphatic heterocycles. The lowest BCUT2D eigenvalue weighted by Gasteiger charge is -2.15. The Bertz CT molecular complexity index is 589. The molecule has 1 atom stereocenters. The van der Waals surface area contributed by atoms with Gasteiger partial charge in [-0.15, -0.1) is 0 Å². The van der Waals surface area contributed by atoms with E-state index >= 15 is 0 Å². The zero-order valence-corrected chi connectivity index (χ0v) is 11.4. The van der Waals surface area contributed by atoms with Crippen LogP contribution in [0.3, 0.4) is 0 Å². The molecule has 110 valence electrons. The van der Waals surface area contributed by atoms with E-state index in [9.17, 15) is 9.50 Å². The molecule has 5 nitrogen and oxygen atoms in total. The van der Waals surface area contributed by atoms with Gasteiger partial charge in [0.15, 0.2) is 5.75 Å². The molecule has 1 aromatic carbocycles. The second kappa shape index (κ2) is 6.05. The quantitative estimate of drug-likeness (QED) is 0.929. The van der Waals surface area contributed by atoms with Gasteiger partial charge in [0.2, 0.25) is 5.95 Å². The van der Waals surface area contributed by atoms with Crippen molar-refractivity contribution in [3.05, 3.63) is 48.0 Å². The molecule has 0 radical (unpaired) electrons. The van der Waals surface area contributed by atoms with Gasteiger partial charge in [0.25, 0.3) is 0 Å². The van der Waals surface area contributed by atoms with E-state index in [0.717, 1.165) is 18.5 Å². The third kappa shape index (κ3) is 3.46. The van der Waals surface area contributed by atoms with Crippen LogP contribution in [0.2, 0.25) is 0 Å². The number of aromatic nitrogens is 2. The van der Waals surface area contributed by atoms with Crippen LogP contribution in [-0.4, -0.2) is 34.3 Å². The number of hydrogen-bond donors (Lipinski definition) is 1. The Hall–Kier alpha value is -2.21. The number of aliphatic hydroxyl groups excluding tert-OH is 1. The molecule has 0 bridgehead atoms. The van der Waals surface area contributed by atoms with Gasteiger partial charge in [-0.25, -0.2) is 14.4 Å². The lowest BCUT2D eigenvalue weighted by molar-refractivity contribution is 0.198. The number of anilines is 1. The molecule has 1 saturated heterocycles. The van der Waals surface area contributed by atoms with Gasteiger partial charge in [-0.3, -0.25) is 0 Å². The number of aliphatic hydroxyl groups is 1. The van der Waals surface area contributed by atoms with Crippen molar-refractivity contribution in [2.24, 2.45) is 0 Å². The monoisotopic (exact) mass is 289 g/mol. The third-order valence-corrected chi connectivity index (χ3v) is 3.38. The molecule has 2 aromatic rings. The van der Waals surface area contributed by atoms with Crippen LogP contribution >= 0.6 is 0 Å². The van der Waals surface area contributed by atoms with E-state index in [1.54, 1.807) is 24.5 Å². The van der Waals surface area contributed by atoms with Gasteiger partial charge in [0.05, 0.1) is 18.5 Å². The topological polar surface area (TPSA) is 58.5 Å². The van der Waals surface area contributed by atoms with E-state index in [1.807, 2.05) is 4.90 Å². The number of β-amino-alcohol motifs (C(OH)–C–C–N with tert-alkyl or cyclic N) is 1. The normalized spacial score (nSPS) is 18.0. The van der Waals surface area contributed by atoms with Gasteiger partial charge in [-0.1, -0.05) is 12.1 Å². The number of hydrogen-bond acceptors (Lipinski definition) is 5. The Labute approximate surface area is 122 Å². The van der Waals surface area contributed by atoms with Crippen molar-refractivity contribution in [1.82, 2.24) is 9.97 Å². The van der Waals surface area contributed by atoms with Crippen LogP contribution in [0.4, 0.5) is 10.3 Å². The summed E-state index contributed by atoms with van der Waals surface area (Å²) in [6.07, 6.45) is 3.65. The molecule has 0 unspecified atom stereocenters. The maximum Gasteiger partial charge on any atom is 0.225 e. The molecule has 0 amide bonds. The fourth-order valence-electron chi connectivity index (χ4n) is 2.22. The maximum absolute atomic E-state index is 12.8. The van der Waals surface area contributed by atoms with Crippen LogP contribution < -0.4 is 9.64 Å². The van der Waals surface area contributed by atoms with E-state index in [2.05, 4.69) is 9.97 Å². The summed E-state index contributed by atoms with van der Waals surface area (Å²) in [6, 6.07) is 6.15. The minimum Gasteiger partial charge on any atom is -0.486 e. The number of benzene rings is 1. The first-order valence-electron chi connectivity index (χ1n) is 6.83. The zero-order valence-electron chi connectivity index (χ0n) is 11.4. The summed E-state index contributed by atoms with van der Waals surface area (Å²) in [4.78, 5) is 10.4. The highest BCUT2D eigenvalue weighted by Crippen LogP contribution is 2.18. The summed E-state index contributed by atoms with van der Waals surface area (Å²) >= 11 is 0. The van der Waals surface area contributed by atoms with Crippen LogP contribution in [0.5, 0.6) is 5.75 Å². The zero-order chi connectivity index (χ0) is 14.7. The average Bonchev–Trinajstić information content (AvgIpc) is 2.94. The largest absolute Gasteiger partial charge is 0.486 e. The van der Waals surface area contributed by atoms with E-state index in [1.165, 1.54) is 12.1 Å². The van der Waals surface area contributed by atoms with Crippen molar-refractivity contribution in [1.29, 1.82) is 0 Å². The highest BCUT2D eigenvalue weighted by atomic mass is 19.1. The lowest BCUT2D eigenvalue weighted by atomic mass is 10.2. The molecule has 0 saturated carbocycles. The number of nitrogens with zero attached hydrogens (tertiary/aromatic N) is 3. The molecule has 0 spiro atoms. The van der Waals surface area contributed by atoms with Crippen molar-refractivity contribution < 1.29 is 14.2 Å². The van der Waals surface area contributed by atoms with Gasteiger partial charge in [0, 0.05) is 13.1 Å². The molecule has 0 aliphatic carbocycles. The molecule has 1 aliphatic rings. The first kappa shape index (κ1) is 13.8. The molecule has 2 heterocycles. The van der Waals surface area contributed by atoms with Crippen molar-refractivity contribution in [2.75, 3.05) is 18.0 Å². The smallest absolute Gasteiger partial charge is 0.225 e. The van der Waals surface area contributed by atoms with E-state index in [-0.39, 0.29) is 11.9 Å². The standard InChI is InChI=1S/C15H16FN3O2/c16-12-3-1-11(2-4-12)10-21-14-7-17-15(18-8-14)19-6-5-13(20)9-19/h1-4,7-8,13,20H,5-6,9-10H2/t13-/m1/s1. The van der Waals surface area contributed by atoms with Crippen LogP contribution in [0.1, 0.15) is 12.0 Å². The van der Waals surface area contributed by atoms with Gasteiger partial charge in [-0.05, 0) is 24.1 Å². The Balaban J connectivity index is 1.58. The molecule has 6 heteroatoms. The van der Waals surface area contributed by atoms with Gasteiger partial charge < -0.3 is 14.7 Å². The van der Waals surface area contributed by atoms with Crippen LogP contribution in [0.25, 0.3) is 0 Å². The predicted molar refractivity (Wildman–Crippen MR) is 75.6 cm³/mol. The molecule has 3 rings (SSSR count). The highest BCUT2D eigenvalue weighted by molar-refractivity contribution is 5.33. The Kier molecular flexibility index (Phi) is 3.96. The third-order valence-electron chi connectivity index (χ3n) is 3.38. The van der Waals surface area contributed by atoms with Crippen LogP contribution in [-0.2, 0) is 6.61 Å². The minimum absolute atomic E-state index is 0.265. The summed E-state index contributed by atoms with van der Waals surface area (Å²) in [5, 5.41) is 9.50.